The van der Waals surface area contributed by atoms with Crippen LogP contribution in [0.2, 0.25) is 0 Å². The van der Waals surface area contributed by atoms with Crippen molar-refractivity contribution in [1.82, 2.24) is 4.90 Å². The Morgan fingerprint density at radius 1 is 1.29 bits per heavy atom. The van der Waals surface area contributed by atoms with Crippen LogP contribution >= 0.6 is 12.4 Å². The molecule has 116 valence electrons. The third-order valence-electron chi connectivity index (χ3n) is 2.66. The highest BCUT2D eigenvalue weighted by Crippen LogP contribution is 2.02. The molecule has 0 saturated heterocycles. The van der Waals surface area contributed by atoms with E-state index in [-0.39, 0.29) is 24.6 Å². The lowest BCUT2D eigenvalue weighted by Crippen LogP contribution is -2.24. The minimum atomic E-state index is -1.15. The van der Waals surface area contributed by atoms with Gasteiger partial charge in [0.15, 0.2) is 0 Å². The van der Waals surface area contributed by atoms with Gasteiger partial charge in [0.25, 0.3) is 0 Å². The molecule has 1 aromatic rings. The van der Waals surface area contributed by atoms with Gasteiger partial charge in [-0.1, -0.05) is 30.3 Å². The molecule has 21 heavy (non-hydrogen) atoms. The molecule has 0 atom stereocenters. The highest BCUT2D eigenvalue weighted by atomic mass is 35.5. The Bertz CT molecular complexity index is 488. The highest BCUT2D eigenvalue weighted by molar-refractivity contribution is 5.95. The summed E-state index contributed by atoms with van der Waals surface area (Å²) >= 11 is 0. The van der Waals surface area contributed by atoms with E-state index in [4.69, 9.17) is 9.84 Å². The summed E-state index contributed by atoms with van der Waals surface area (Å²) in [4.78, 5) is 23.9. The number of likely N-dealkylation sites (N-methyl/N-ethyl adjacent to an activating group) is 1. The third-order valence-corrected chi connectivity index (χ3v) is 2.66. The summed E-state index contributed by atoms with van der Waals surface area (Å²) < 4.78 is 5.00. The second-order valence-corrected chi connectivity index (χ2v) is 4.52. The number of hydrogen-bond donors (Lipinski definition) is 1. The fourth-order valence-corrected chi connectivity index (χ4v) is 1.63. The minimum absolute atomic E-state index is 0. The number of benzene rings is 1. The summed E-state index contributed by atoms with van der Waals surface area (Å²) in [6, 6.07) is 9.97. The van der Waals surface area contributed by atoms with E-state index in [9.17, 15) is 9.59 Å². The van der Waals surface area contributed by atoms with Gasteiger partial charge in [0, 0.05) is 24.7 Å². The van der Waals surface area contributed by atoms with Crippen LogP contribution in [0.15, 0.2) is 42.0 Å². The maximum Gasteiger partial charge on any atom is 0.334 e. The van der Waals surface area contributed by atoms with Crippen LogP contribution in [-0.2, 0) is 20.9 Å². The highest BCUT2D eigenvalue weighted by Gasteiger charge is 2.08. The van der Waals surface area contributed by atoms with Crippen LogP contribution < -0.4 is 0 Å². The normalized spacial score (nSPS) is 10.9. The molecule has 1 aromatic carbocycles. The minimum Gasteiger partial charge on any atom is -0.478 e. The van der Waals surface area contributed by atoms with Crippen molar-refractivity contribution in [2.24, 2.45) is 0 Å². The molecule has 0 aliphatic heterocycles. The molecule has 5 nitrogen and oxygen atoms in total. The molecule has 0 amide bonds. The maximum atomic E-state index is 11.4. The molecule has 0 fully saturated rings. The van der Waals surface area contributed by atoms with Crippen molar-refractivity contribution >= 4 is 24.3 Å². The first-order valence-electron chi connectivity index (χ1n) is 6.30. The molecule has 0 heterocycles. The summed E-state index contributed by atoms with van der Waals surface area (Å²) in [5.74, 6) is -1.75. The Kier molecular flexibility index (Phi) is 9.08. The number of ether oxygens (including phenoxy) is 1. The summed E-state index contributed by atoms with van der Waals surface area (Å²) in [6.45, 7) is 3.00. The first-order chi connectivity index (χ1) is 9.49. The van der Waals surface area contributed by atoms with Crippen LogP contribution in [0, 0.1) is 0 Å². The SMILES string of the molecule is C/C(=C\C(=O)O)C(=O)OCCN(C)Cc1ccccc1.Cl. The lowest BCUT2D eigenvalue weighted by Gasteiger charge is -2.16. The fourth-order valence-electron chi connectivity index (χ4n) is 1.63. The molecule has 0 aliphatic rings. The number of aliphatic carboxylic acids is 1. The van der Waals surface area contributed by atoms with Crippen LogP contribution in [0.1, 0.15) is 12.5 Å². The zero-order valence-corrected chi connectivity index (χ0v) is 12.9. The van der Waals surface area contributed by atoms with Gasteiger partial charge in [-0.3, -0.25) is 4.90 Å². The number of carbonyl (C=O) groups is 2. The average molecular weight is 314 g/mol. The number of halogens is 1. The van der Waals surface area contributed by atoms with E-state index in [0.717, 1.165) is 12.6 Å². The van der Waals surface area contributed by atoms with Crippen LogP contribution in [-0.4, -0.2) is 42.1 Å². The number of carboxylic acid groups (broad SMARTS) is 1. The van der Waals surface area contributed by atoms with Crippen molar-refractivity contribution in [2.75, 3.05) is 20.2 Å². The molecule has 0 unspecified atom stereocenters. The van der Waals surface area contributed by atoms with Gasteiger partial charge in [0.05, 0.1) is 0 Å². The Labute approximate surface area is 130 Å². The van der Waals surface area contributed by atoms with Gasteiger partial charge in [-0.2, -0.15) is 0 Å². The topological polar surface area (TPSA) is 66.8 Å². The van der Waals surface area contributed by atoms with Crippen LogP contribution in [0.4, 0.5) is 0 Å². The lowest BCUT2D eigenvalue weighted by molar-refractivity contribution is -0.140. The van der Waals surface area contributed by atoms with E-state index >= 15 is 0 Å². The van der Waals surface area contributed by atoms with Crippen molar-refractivity contribution in [2.45, 2.75) is 13.5 Å². The number of esters is 1. The molecule has 1 rings (SSSR count). The molecule has 0 saturated carbocycles. The average Bonchev–Trinajstić information content (AvgIpc) is 2.38. The molecular weight excluding hydrogens is 294 g/mol. The van der Waals surface area contributed by atoms with Gasteiger partial charge >= 0.3 is 11.9 Å². The predicted octanol–water partition coefficient (Wildman–Crippen LogP) is 2.11. The van der Waals surface area contributed by atoms with Crippen LogP contribution in [0.5, 0.6) is 0 Å². The first kappa shape index (κ1) is 19.1. The van der Waals surface area contributed by atoms with Gasteiger partial charge in [-0.05, 0) is 19.5 Å². The van der Waals surface area contributed by atoms with Gasteiger partial charge in [-0.15, -0.1) is 12.4 Å². The molecule has 0 aliphatic carbocycles. The number of nitrogens with zero attached hydrogens (tertiary/aromatic N) is 1. The molecule has 0 spiro atoms. The Morgan fingerprint density at radius 2 is 1.90 bits per heavy atom. The zero-order chi connectivity index (χ0) is 15.0. The monoisotopic (exact) mass is 313 g/mol. The van der Waals surface area contributed by atoms with Gasteiger partial charge in [0.1, 0.15) is 6.61 Å². The van der Waals surface area contributed by atoms with Crippen molar-refractivity contribution in [3.8, 4) is 0 Å². The fraction of sp³-hybridized carbons (Fsp3) is 0.333. The quantitative estimate of drug-likeness (QED) is 0.617. The molecule has 0 aromatic heterocycles. The van der Waals surface area contributed by atoms with Gasteiger partial charge in [-0.25, -0.2) is 9.59 Å². The van der Waals surface area contributed by atoms with E-state index in [1.807, 2.05) is 42.3 Å². The summed E-state index contributed by atoms with van der Waals surface area (Å²) in [6.07, 6.45) is 0.843. The number of carboxylic acids is 1. The zero-order valence-electron chi connectivity index (χ0n) is 12.1. The summed E-state index contributed by atoms with van der Waals surface area (Å²) in [7, 11) is 1.93. The van der Waals surface area contributed by atoms with E-state index in [1.165, 1.54) is 12.5 Å². The van der Waals surface area contributed by atoms with Gasteiger partial charge < -0.3 is 9.84 Å². The third kappa shape index (κ3) is 8.12. The second-order valence-electron chi connectivity index (χ2n) is 4.52. The lowest BCUT2D eigenvalue weighted by atomic mass is 10.2. The van der Waals surface area contributed by atoms with E-state index in [2.05, 4.69) is 0 Å². The first-order valence-corrected chi connectivity index (χ1v) is 6.30. The molecule has 1 N–H and O–H groups in total. The second kappa shape index (κ2) is 9.96. The Hall–Kier alpha value is -1.85. The van der Waals surface area contributed by atoms with Crippen molar-refractivity contribution in [3.05, 3.63) is 47.5 Å². The summed E-state index contributed by atoms with van der Waals surface area (Å²) in [5, 5.41) is 8.52. The van der Waals surface area contributed by atoms with E-state index in [1.54, 1.807) is 0 Å². The van der Waals surface area contributed by atoms with Crippen molar-refractivity contribution in [1.29, 1.82) is 0 Å². The number of carbonyl (C=O) groups excluding carboxylic acids is 1. The van der Waals surface area contributed by atoms with E-state index in [0.29, 0.717) is 6.54 Å². The van der Waals surface area contributed by atoms with Crippen LogP contribution in [0.25, 0.3) is 0 Å². The largest absolute Gasteiger partial charge is 0.478 e. The number of rotatable bonds is 7. The predicted molar refractivity (Wildman–Crippen MR) is 82.4 cm³/mol. The van der Waals surface area contributed by atoms with Gasteiger partial charge in [0.2, 0.25) is 0 Å². The maximum absolute atomic E-state index is 11.4. The molecular formula is C15H20ClNO4. The Morgan fingerprint density at radius 3 is 2.48 bits per heavy atom. The number of hydrogen-bond acceptors (Lipinski definition) is 4. The summed E-state index contributed by atoms with van der Waals surface area (Å²) in [5.41, 5.74) is 1.27. The standard InChI is InChI=1S/C15H19NO4.ClH/c1-12(10-14(17)18)15(19)20-9-8-16(2)11-13-6-4-3-5-7-13;/h3-7,10H,8-9,11H2,1-2H3,(H,17,18);1H/b12-10+;. The Balaban J connectivity index is 0.00000400. The molecule has 6 heteroatoms. The van der Waals surface area contributed by atoms with Crippen molar-refractivity contribution in [3.63, 3.8) is 0 Å². The molecule has 0 bridgehead atoms. The van der Waals surface area contributed by atoms with Crippen LogP contribution in [0.3, 0.4) is 0 Å². The van der Waals surface area contributed by atoms with E-state index < -0.39 is 11.9 Å². The molecule has 0 radical (unpaired) electrons. The smallest absolute Gasteiger partial charge is 0.334 e. The van der Waals surface area contributed by atoms with Crippen molar-refractivity contribution < 1.29 is 19.4 Å².